The zero-order chi connectivity index (χ0) is 13.1. The van der Waals surface area contributed by atoms with Crippen LogP contribution in [0.15, 0.2) is 16.8 Å². The Hall–Kier alpha value is -1.57. The van der Waals surface area contributed by atoms with E-state index in [1.54, 1.807) is 10.7 Å². The van der Waals surface area contributed by atoms with Crippen LogP contribution in [0.5, 0.6) is 0 Å². The highest BCUT2D eigenvalue weighted by Gasteiger charge is 2.40. The number of carboxylic acid groups (broad SMARTS) is 1. The Bertz CT molecular complexity index is 402. The molecule has 8 heteroatoms. The maximum absolute atomic E-state index is 12.0. The van der Waals surface area contributed by atoms with E-state index in [1.807, 2.05) is 0 Å². The maximum Gasteiger partial charge on any atom is 0.471 e. The lowest BCUT2D eigenvalue weighted by molar-refractivity contribution is -0.174. The molecule has 2 N–H and O–H groups in total. The molecular weight excluding hydrogens is 259 g/mol. The summed E-state index contributed by atoms with van der Waals surface area (Å²) in [6.07, 6.45) is -5.62. The number of hydrogen-bond donors (Lipinski definition) is 2. The molecular formula is C9H8F3NO3S. The van der Waals surface area contributed by atoms with Gasteiger partial charge in [0.15, 0.2) is 0 Å². The van der Waals surface area contributed by atoms with Gasteiger partial charge in [-0.15, -0.1) is 0 Å². The first-order valence-electron chi connectivity index (χ1n) is 4.42. The van der Waals surface area contributed by atoms with Gasteiger partial charge < -0.3 is 10.4 Å². The first-order valence-corrected chi connectivity index (χ1v) is 5.36. The van der Waals surface area contributed by atoms with E-state index < -0.39 is 30.5 Å². The summed E-state index contributed by atoms with van der Waals surface area (Å²) in [4.78, 5) is 21.2. The number of rotatable bonds is 4. The Morgan fingerprint density at radius 1 is 1.47 bits per heavy atom. The molecule has 0 aliphatic carbocycles. The van der Waals surface area contributed by atoms with Gasteiger partial charge in [0, 0.05) is 0 Å². The highest BCUT2D eigenvalue weighted by atomic mass is 32.1. The lowest BCUT2D eigenvalue weighted by Crippen LogP contribution is -2.39. The normalized spacial score (nSPS) is 13.1. The maximum atomic E-state index is 12.0. The molecule has 1 aromatic rings. The minimum atomic E-state index is -5.02. The zero-order valence-electron chi connectivity index (χ0n) is 8.32. The van der Waals surface area contributed by atoms with Crippen LogP contribution in [-0.2, 0) is 9.59 Å². The van der Waals surface area contributed by atoms with Gasteiger partial charge in [0.05, 0.1) is 12.5 Å². The summed E-state index contributed by atoms with van der Waals surface area (Å²) in [5.74, 6) is -3.43. The summed E-state index contributed by atoms with van der Waals surface area (Å²) in [5, 5.41) is 13.3. The van der Waals surface area contributed by atoms with Crippen molar-refractivity contribution in [2.24, 2.45) is 0 Å². The predicted octanol–water partition coefficient (Wildman–Crippen LogP) is 1.94. The Morgan fingerprint density at radius 2 is 2.12 bits per heavy atom. The lowest BCUT2D eigenvalue weighted by atomic mass is 10.1. The van der Waals surface area contributed by atoms with Gasteiger partial charge in [0.25, 0.3) is 0 Å². The fraction of sp³-hybridized carbons (Fsp3) is 0.333. The average molecular weight is 267 g/mol. The van der Waals surface area contributed by atoms with Gasteiger partial charge in [0.1, 0.15) is 0 Å². The molecule has 0 aliphatic rings. The molecule has 1 heterocycles. The summed E-state index contributed by atoms with van der Waals surface area (Å²) >= 11 is 1.20. The van der Waals surface area contributed by atoms with Crippen LogP contribution in [-0.4, -0.2) is 23.2 Å². The fourth-order valence-corrected chi connectivity index (χ4v) is 1.85. The van der Waals surface area contributed by atoms with Gasteiger partial charge in [-0.3, -0.25) is 9.59 Å². The van der Waals surface area contributed by atoms with Crippen LogP contribution in [0.25, 0.3) is 0 Å². The van der Waals surface area contributed by atoms with Crippen molar-refractivity contribution in [2.75, 3.05) is 0 Å². The average Bonchev–Trinajstić information content (AvgIpc) is 2.66. The van der Waals surface area contributed by atoms with Gasteiger partial charge in [-0.2, -0.15) is 24.5 Å². The smallest absolute Gasteiger partial charge is 0.471 e. The van der Waals surface area contributed by atoms with E-state index in [0.717, 1.165) is 0 Å². The van der Waals surface area contributed by atoms with Crippen molar-refractivity contribution >= 4 is 23.2 Å². The molecule has 0 saturated carbocycles. The number of halogens is 3. The number of aliphatic carboxylic acids is 1. The minimum Gasteiger partial charge on any atom is -0.481 e. The number of carbonyl (C=O) groups is 2. The summed E-state index contributed by atoms with van der Waals surface area (Å²) in [6.45, 7) is 0. The number of nitrogens with one attached hydrogen (secondary N) is 1. The topological polar surface area (TPSA) is 66.4 Å². The Balaban J connectivity index is 2.79. The van der Waals surface area contributed by atoms with Crippen molar-refractivity contribution in [1.29, 1.82) is 0 Å². The Kier molecular flexibility index (Phi) is 4.11. The third kappa shape index (κ3) is 4.06. The second-order valence-electron chi connectivity index (χ2n) is 3.18. The number of carboxylic acids is 1. The molecule has 0 saturated heterocycles. The first-order chi connectivity index (χ1) is 7.80. The summed E-state index contributed by atoms with van der Waals surface area (Å²) in [6, 6.07) is 0.294. The molecule has 1 amide bonds. The highest BCUT2D eigenvalue weighted by molar-refractivity contribution is 7.07. The van der Waals surface area contributed by atoms with E-state index in [4.69, 9.17) is 5.11 Å². The van der Waals surface area contributed by atoms with E-state index in [0.29, 0.717) is 5.56 Å². The van der Waals surface area contributed by atoms with Crippen LogP contribution in [0, 0.1) is 0 Å². The molecule has 0 spiro atoms. The molecule has 0 aliphatic heterocycles. The van der Waals surface area contributed by atoms with E-state index in [-0.39, 0.29) is 0 Å². The molecule has 0 bridgehead atoms. The van der Waals surface area contributed by atoms with Gasteiger partial charge in [-0.05, 0) is 22.4 Å². The minimum absolute atomic E-state index is 0.343. The van der Waals surface area contributed by atoms with Crippen LogP contribution in [0.3, 0.4) is 0 Å². The van der Waals surface area contributed by atoms with E-state index >= 15 is 0 Å². The quantitative estimate of drug-likeness (QED) is 0.876. The molecule has 1 atom stereocenters. The number of thiophene rings is 1. The van der Waals surface area contributed by atoms with E-state index in [2.05, 4.69) is 0 Å². The number of carbonyl (C=O) groups excluding carboxylic acids is 1. The van der Waals surface area contributed by atoms with Crippen molar-refractivity contribution in [1.82, 2.24) is 5.32 Å². The second kappa shape index (κ2) is 5.17. The molecule has 1 aromatic heterocycles. The largest absolute Gasteiger partial charge is 0.481 e. The van der Waals surface area contributed by atoms with E-state index in [9.17, 15) is 22.8 Å². The zero-order valence-corrected chi connectivity index (χ0v) is 9.14. The second-order valence-corrected chi connectivity index (χ2v) is 3.96. The van der Waals surface area contributed by atoms with Crippen LogP contribution in [0.2, 0.25) is 0 Å². The molecule has 0 radical (unpaired) electrons. The highest BCUT2D eigenvalue weighted by Crippen LogP contribution is 2.22. The summed E-state index contributed by atoms with van der Waals surface area (Å²) in [7, 11) is 0. The van der Waals surface area contributed by atoms with Crippen LogP contribution in [0.1, 0.15) is 18.0 Å². The van der Waals surface area contributed by atoms with Gasteiger partial charge >= 0.3 is 18.1 Å². The summed E-state index contributed by atoms with van der Waals surface area (Å²) < 4.78 is 36.1. The van der Waals surface area contributed by atoms with Crippen LogP contribution in [0.4, 0.5) is 13.2 Å². The van der Waals surface area contributed by atoms with Crippen molar-refractivity contribution in [3.8, 4) is 0 Å². The SMILES string of the molecule is O=C(O)C[C@@H](NC(=O)C(F)(F)F)c1ccsc1. The van der Waals surface area contributed by atoms with Gasteiger partial charge in [-0.1, -0.05) is 0 Å². The first kappa shape index (κ1) is 13.5. The monoisotopic (exact) mass is 267 g/mol. The third-order valence-electron chi connectivity index (χ3n) is 1.89. The van der Waals surface area contributed by atoms with Crippen molar-refractivity contribution in [2.45, 2.75) is 18.6 Å². The van der Waals surface area contributed by atoms with Crippen molar-refractivity contribution < 1.29 is 27.9 Å². The number of alkyl halides is 3. The fourth-order valence-electron chi connectivity index (χ4n) is 1.14. The number of amides is 1. The number of hydrogen-bond acceptors (Lipinski definition) is 3. The molecule has 4 nitrogen and oxygen atoms in total. The molecule has 0 unspecified atom stereocenters. The van der Waals surface area contributed by atoms with Crippen molar-refractivity contribution in [3.05, 3.63) is 22.4 Å². The molecule has 0 fully saturated rings. The van der Waals surface area contributed by atoms with Crippen LogP contribution < -0.4 is 5.32 Å². The van der Waals surface area contributed by atoms with Gasteiger partial charge in [0.2, 0.25) is 0 Å². The van der Waals surface area contributed by atoms with Crippen molar-refractivity contribution in [3.63, 3.8) is 0 Å². The lowest BCUT2D eigenvalue weighted by Gasteiger charge is -2.16. The molecule has 94 valence electrons. The summed E-state index contributed by atoms with van der Waals surface area (Å²) in [5.41, 5.74) is 0.343. The van der Waals surface area contributed by atoms with E-state index in [1.165, 1.54) is 22.8 Å². The third-order valence-corrected chi connectivity index (χ3v) is 2.59. The van der Waals surface area contributed by atoms with Crippen LogP contribution >= 0.6 is 11.3 Å². The van der Waals surface area contributed by atoms with Gasteiger partial charge in [-0.25, -0.2) is 0 Å². The Morgan fingerprint density at radius 3 is 2.53 bits per heavy atom. The predicted molar refractivity (Wildman–Crippen MR) is 53.5 cm³/mol. The Labute approximate surface area is 98.1 Å². The molecule has 17 heavy (non-hydrogen) atoms. The molecule has 0 aromatic carbocycles. The standard InChI is InChI=1S/C9H8F3NO3S/c10-9(11,12)8(16)13-6(3-7(14)15)5-1-2-17-4-5/h1-2,4,6H,3H2,(H,13,16)(H,14,15)/t6-/m1/s1. The molecule has 1 rings (SSSR count).